The van der Waals surface area contributed by atoms with Gasteiger partial charge in [0, 0.05) is 16.5 Å². The van der Waals surface area contributed by atoms with Crippen LogP contribution in [0, 0.1) is 5.92 Å². The van der Waals surface area contributed by atoms with Crippen LogP contribution in [0.2, 0.25) is 5.02 Å². The molecule has 0 spiro atoms. The summed E-state index contributed by atoms with van der Waals surface area (Å²) in [6.45, 7) is 0. The lowest BCUT2D eigenvalue weighted by Gasteiger charge is -2.04. The Morgan fingerprint density at radius 3 is 2.65 bits per heavy atom. The van der Waals surface area contributed by atoms with Crippen molar-refractivity contribution in [1.29, 1.82) is 0 Å². The van der Waals surface area contributed by atoms with Gasteiger partial charge in [-0.15, -0.1) is 0 Å². The number of hydrogen-bond acceptors (Lipinski definition) is 2. The second-order valence-electron chi connectivity index (χ2n) is 5.10. The number of carbonyl (C=O) groups is 1. The predicted molar refractivity (Wildman–Crippen MR) is 79.6 cm³/mol. The minimum atomic E-state index is 0.0864. The van der Waals surface area contributed by atoms with E-state index in [0.29, 0.717) is 5.92 Å². The van der Waals surface area contributed by atoms with Gasteiger partial charge in [-0.05, 0) is 42.2 Å². The fourth-order valence-electron chi connectivity index (χ4n) is 2.55. The molecule has 1 saturated carbocycles. The van der Waals surface area contributed by atoms with Crippen LogP contribution in [-0.4, -0.2) is 12.9 Å². The zero-order valence-corrected chi connectivity index (χ0v) is 11.9. The third-order valence-corrected chi connectivity index (χ3v) is 4.03. The normalized spacial score (nSPS) is 20.5. The third kappa shape index (κ3) is 2.56. The van der Waals surface area contributed by atoms with Crippen LogP contribution in [0.15, 0.2) is 48.5 Å². The van der Waals surface area contributed by atoms with Gasteiger partial charge in [0.05, 0.1) is 7.11 Å². The lowest BCUT2D eigenvalue weighted by molar-refractivity contribution is 0.0965. The Morgan fingerprint density at radius 2 is 1.95 bits per heavy atom. The Bertz CT molecular complexity index is 634. The number of ether oxygens (including phenoxy) is 1. The van der Waals surface area contributed by atoms with Crippen molar-refractivity contribution in [1.82, 2.24) is 0 Å². The molecule has 2 aromatic rings. The summed E-state index contributed by atoms with van der Waals surface area (Å²) in [5.41, 5.74) is 1.92. The molecule has 0 bridgehead atoms. The van der Waals surface area contributed by atoms with Gasteiger partial charge in [0.2, 0.25) is 0 Å². The second-order valence-corrected chi connectivity index (χ2v) is 5.53. The molecule has 0 aromatic heterocycles. The molecule has 0 saturated heterocycles. The molecule has 0 aliphatic heterocycles. The topological polar surface area (TPSA) is 26.3 Å². The fourth-order valence-corrected chi connectivity index (χ4v) is 2.68. The standard InChI is InChI=1S/C17H15ClO2/c1-20-14-4-2-3-12(9-14)17(19)16-10-15(16)11-5-7-13(18)8-6-11/h2-9,15-16H,10H2,1H3/t15-,16+/m0/s1. The van der Waals surface area contributed by atoms with Crippen molar-refractivity contribution in [3.8, 4) is 5.75 Å². The first-order valence-corrected chi connectivity index (χ1v) is 7.00. The summed E-state index contributed by atoms with van der Waals surface area (Å²) < 4.78 is 5.16. The van der Waals surface area contributed by atoms with Crippen LogP contribution < -0.4 is 4.74 Å². The molecule has 3 rings (SSSR count). The summed E-state index contributed by atoms with van der Waals surface area (Å²) in [6, 6.07) is 15.1. The number of halogens is 1. The van der Waals surface area contributed by atoms with Gasteiger partial charge in [0.25, 0.3) is 0 Å². The monoisotopic (exact) mass is 286 g/mol. The average Bonchev–Trinajstić information content (AvgIpc) is 3.28. The Balaban J connectivity index is 1.75. The molecule has 1 aliphatic carbocycles. The summed E-state index contributed by atoms with van der Waals surface area (Å²) in [4.78, 5) is 12.4. The Morgan fingerprint density at radius 1 is 1.20 bits per heavy atom. The summed E-state index contributed by atoms with van der Waals surface area (Å²) in [7, 11) is 1.61. The molecule has 0 amide bonds. The zero-order chi connectivity index (χ0) is 14.1. The van der Waals surface area contributed by atoms with E-state index in [1.807, 2.05) is 42.5 Å². The SMILES string of the molecule is COc1cccc(C(=O)[C@@H]2C[C@H]2c2ccc(Cl)cc2)c1. The van der Waals surface area contributed by atoms with Crippen LogP contribution in [0.4, 0.5) is 0 Å². The maximum atomic E-state index is 12.4. The molecule has 2 nitrogen and oxygen atoms in total. The van der Waals surface area contributed by atoms with Crippen LogP contribution >= 0.6 is 11.6 Å². The van der Waals surface area contributed by atoms with Crippen LogP contribution in [0.1, 0.15) is 28.3 Å². The van der Waals surface area contributed by atoms with Gasteiger partial charge in [0.15, 0.2) is 5.78 Å². The molecular formula is C17H15ClO2. The molecule has 1 aliphatic rings. The highest BCUT2D eigenvalue weighted by molar-refractivity contribution is 6.30. The number of methoxy groups -OCH3 is 1. The zero-order valence-electron chi connectivity index (χ0n) is 11.2. The summed E-state index contributed by atoms with van der Waals surface area (Å²) in [5.74, 6) is 1.33. The number of hydrogen-bond donors (Lipinski definition) is 0. The summed E-state index contributed by atoms with van der Waals surface area (Å²) in [6.07, 6.45) is 0.914. The van der Waals surface area contributed by atoms with Crippen molar-refractivity contribution in [3.63, 3.8) is 0 Å². The van der Waals surface area contributed by atoms with Gasteiger partial charge in [0.1, 0.15) is 5.75 Å². The number of ketones is 1. The molecule has 2 atom stereocenters. The quantitative estimate of drug-likeness (QED) is 0.782. The van der Waals surface area contributed by atoms with E-state index < -0.39 is 0 Å². The number of Topliss-reactive ketones (excluding diaryl/α,β-unsaturated/α-hetero) is 1. The maximum absolute atomic E-state index is 12.4. The molecule has 0 unspecified atom stereocenters. The molecule has 0 N–H and O–H groups in total. The molecule has 20 heavy (non-hydrogen) atoms. The molecule has 3 heteroatoms. The lowest BCUT2D eigenvalue weighted by atomic mass is 10.0. The first kappa shape index (κ1) is 13.2. The minimum absolute atomic E-state index is 0.0864. The minimum Gasteiger partial charge on any atom is -0.497 e. The molecule has 102 valence electrons. The van der Waals surface area contributed by atoms with E-state index in [1.54, 1.807) is 13.2 Å². The molecule has 0 radical (unpaired) electrons. The van der Waals surface area contributed by atoms with Crippen molar-refractivity contribution >= 4 is 17.4 Å². The van der Waals surface area contributed by atoms with Crippen molar-refractivity contribution in [2.45, 2.75) is 12.3 Å². The molecule has 1 fully saturated rings. The van der Waals surface area contributed by atoms with E-state index in [4.69, 9.17) is 16.3 Å². The van der Waals surface area contributed by atoms with E-state index in [2.05, 4.69) is 0 Å². The lowest BCUT2D eigenvalue weighted by Crippen LogP contribution is -2.03. The highest BCUT2D eigenvalue weighted by Gasteiger charge is 2.43. The third-order valence-electron chi connectivity index (χ3n) is 3.78. The predicted octanol–water partition coefficient (Wildman–Crippen LogP) is 4.34. The van der Waals surface area contributed by atoms with E-state index in [-0.39, 0.29) is 11.7 Å². The van der Waals surface area contributed by atoms with Crippen LogP contribution in [0.5, 0.6) is 5.75 Å². The van der Waals surface area contributed by atoms with Crippen LogP contribution in [0.25, 0.3) is 0 Å². The number of benzene rings is 2. The van der Waals surface area contributed by atoms with E-state index in [1.165, 1.54) is 5.56 Å². The maximum Gasteiger partial charge on any atom is 0.166 e. The Hall–Kier alpha value is -1.80. The largest absolute Gasteiger partial charge is 0.497 e. The average molecular weight is 287 g/mol. The van der Waals surface area contributed by atoms with E-state index in [0.717, 1.165) is 22.8 Å². The smallest absolute Gasteiger partial charge is 0.166 e. The van der Waals surface area contributed by atoms with E-state index in [9.17, 15) is 4.79 Å². The Labute approximate surface area is 123 Å². The van der Waals surface area contributed by atoms with Crippen LogP contribution in [-0.2, 0) is 0 Å². The van der Waals surface area contributed by atoms with Crippen molar-refractivity contribution in [2.75, 3.05) is 7.11 Å². The van der Waals surface area contributed by atoms with Gasteiger partial charge in [-0.25, -0.2) is 0 Å². The molecule has 0 heterocycles. The van der Waals surface area contributed by atoms with Gasteiger partial charge < -0.3 is 4.74 Å². The van der Waals surface area contributed by atoms with E-state index >= 15 is 0 Å². The highest BCUT2D eigenvalue weighted by Crippen LogP contribution is 2.49. The first-order valence-electron chi connectivity index (χ1n) is 6.63. The van der Waals surface area contributed by atoms with Gasteiger partial charge in [-0.3, -0.25) is 4.79 Å². The van der Waals surface area contributed by atoms with Crippen LogP contribution in [0.3, 0.4) is 0 Å². The van der Waals surface area contributed by atoms with Gasteiger partial charge >= 0.3 is 0 Å². The van der Waals surface area contributed by atoms with Gasteiger partial charge in [-0.1, -0.05) is 35.9 Å². The number of carbonyl (C=O) groups excluding carboxylic acids is 1. The molecular weight excluding hydrogens is 272 g/mol. The van der Waals surface area contributed by atoms with Crippen molar-refractivity contribution in [2.24, 2.45) is 5.92 Å². The van der Waals surface area contributed by atoms with Crippen molar-refractivity contribution < 1.29 is 9.53 Å². The molecule has 2 aromatic carbocycles. The fraction of sp³-hybridized carbons (Fsp3) is 0.235. The number of rotatable bonds is 4. The Kier molecular flexibility index (Phi) is 3.49. The first-order chi connectivity index (χ1) is 9.69. The summed E-state index contributed by atoms with van der Waals surface area (Å²) in [5, 5.41) is 0.727. The second kappa shape index (κ2) is 5.29. The highest BCUT2D eigenvalue weighted by atomic mass is 35.5. The summed E-state index contributed by atoms with van der Waals surface area (Å²) >= 11 is 5.88. The van der Waals surface area contributed by atoms with Crippen molar-refractivity contribution in [3.05, 3.63) is 64.7 Å². The van der Waals surface area contributed by atoms with Gasteiger partial charge in [-0.2, -0.15) is 0 Å².